The van der Waals surface area contributed by atoms with Crippen LogP contribution >= 0.6 is 0 Å². The van der Waals surface area contributed by atoms with E-state index in [-0.39, 0.29) is 12.4 Å². The Morgan fingerprint density at radius 2 is 2.26 bits per heavy atom. The monoisotopic (exact) mass is 272 g/mol. The lowest BCUT2D eigenvalue weighted by molar-refractivity contribution is -0.386. The van der Waals surface area contributed by atoms with Gasteiger partial charge in [0.2, 0.25) is 0 Å². The molecule has 0 radical (unpaired) electrons. The topological polar surface area (TPSA) is 102 Å². The number of carboxylic acid groups (broad SMARTS) is 1. The Kier molecular flexibility index (Phi) is 4.38. The summed E-state index contributed by atoms with van der Waals surface area (Å²) in [7, 11) is 1.43. The average Bonchev–Trinajstić information content (AvgIpc) is 2.36. The molecule has 104 valence electrons. The first-order chi connectivity index (χ1) is 8.80. The van der Waals surface area contributed by atoms with Crippen LogP contribution in [0.4, 0.5) is 10.1 Å². The van der Waals surface area contributed by atoms with E-state index in [1.165, 1.54) is 14.0 Å². The average molecular weight is 272 g/mol. The number of nitrogens with one attached hydrogen (secondary N) is 1. The Labute approximate surface area is 108 Å². The van der Waals surface area contributed by atoms with Gasteiger partial charge in [-0.25, -0.2) is 4.39 Å². The highest BCUT2D eigenvalue weighted by Gasteiger charge is 2.33. The molecule has 0 amide bonds. The smallest absolute Gasteiger partial charge is 0.327 e. The van der Waals surface area contributed by atoms with Gasteiger partial charge in [0.15, 0.2) is 5.75 Å². The van der Waals surface area contributed by atoms with Gasteiger partial charge in [-0.3, -0.25) is 14.9 Å². The Morgan fingerprint density at radius 3 is 2.74 bits per heavy atom. The van der Waals surface area contributed by atoms with Crippen LogP contribution in [0.15, 0.2) is 18.2 Å². The van der Waals surface area contributed by atoms with Crippen molar-refractivity contribution in [3.63, 3.8) is 0 Å². The Balaban J connectivity index is 2.95. The highest BCUT2D eigenvalue weighted by Crippen LogP contribution is 2.28. The van der Waals surface area contributed by atoms with Crippen LogP contribution in [0.2, 0.25) is 0 Å². The SMILES string of the molecule is CNC(C)(COc1ccc(F)cc1[N+](=O)[O-])C(=O)O. The van der Waals surface area contributed by atoms with E-state index in [9.17, 15) is 19.3 Å². The molecular weight excluding hydrogens is 259 g/mol. The third-order valence-corrected chi connectivity index (χ3v) is 2.66. The summed E-state index contributed by atoms with van der Waals surface area (Å²) >= 11 is 0. The number of carbonyl (C=O) groups is 1. The molecule has 0 heterocycles. The molecule has 1 atom stereocenters. The summed E-state index contributed by atoms with van der Waals surface area (Å²) in [6.45, 7) is 1.02. The molecule has 0 aliphatic heterocycles. The maximum atomic E-state index is 12.9. The summed E-state index contributed by atoms with van der Waals surface area (Å²) in [6, 6.07) is 2.80. The summed E-state index contributed by atoms with van der Waals surface area (Å²) in [6.07, 6.45) is 0. The van der Waals surface area contributed by atoms with E-state index in [1.54, 1.807) is 0 Å². The minimum absolute atomic E-state index is 0.186. The third kappa shape index (κ3) is 3.38. The van der Waals surface area contributed by atoms with Gasteiger partial charge in [-0.1, -0.05) is 0 Å². The third-order valence-electron chi connectivity index (χ3n) is 2.66. The number of ether oxygens (including phenoxy) is 1. The summed E-state index contributed by atoms with van der Waals surface area (Å²) in [5, 5.41) is 22.3. The first-order valence-corrected chi connectivity index (χ1v) is 5.29. The lowest BCUT2D eigenvalue weighted by Gasteiger charge is -2.23. The lowest BCUT2D eigenvalue weighted by Crippen LogP contribution is -2.52. The molecule has 19 heavy (non-hydrogen) atoms. The Morgan fingerprint density at radius 1 is 1.63 bits per heavy atom. The molecule has 0 aliphatic carbocycles. The minimum atomic E-state index is -1.40. The molecule has 0 spiro atoms. The summed E-state index contributed by atoms with van der Waals surface area (Å²) in [5.74, 6) is -2.12. The first-order valence-electron chi connectivity index (χ1n) is 5.29. The highest BCUT2D eigenvalue weighted by atomic mass is 19.1. The fourth-order valence-corrected chi connectivity index (χ4v) is 1.22. The van der Waals surface area contributed by atoms with Gasteiger partial charge in [-0.2, -0.15) is 0 Å². The van der Waals surface area contributed by atoms with Gasteiger partial charge in [0.25, 0.3) is 0 Å². The van der Waals surface area contributed by atoms with Crippen LogP contribution in [0.3, 0.4) is 0 Å². The van der Waals surface area contributed by atoms with Gasteiger partial charge in [0, 0.05) is 0 Å². The molecule has 1 rings (SSSR count). The summed E-state index contributed by atoms with van der Waals surface area (Å²) in [4.78, 5) is 20.9. The number of hydrogen-bond donors (Lipinski definition) is 2. The van der Waals surface area contributed by atoms with E-state index in [0.717, 1.165) is 12.1 Å². The second-order valence-corrected chi connectivity index (χ2v) is 4.05. The van der Waals surface area contributed by atoms with E-state index in [2.05, 4.69) is 5.32 Å². The van der Waals surface area contributed by atoms with Crippen LogP contribution in [0.25, 0.3) is 0 Å². The lowest BCUT2D eigenvalue weighted by atomic mass is 10.1. The van der Waals surface area contributed by atoms with Gasteiger partial charge < -0.3 is 15.2 Å². The number of nitro groups is 1. The van der Waals surface area contributed by atoms with Crippen molar-refractivity contribution in [1.82, 2.24) is 5.32 Å². The molecule has 0 saturated carbocycles. The maximum Gasteiger partial charge on any atom is 0.327 e. The zero-order chi connectivity index (χ0) is 14.6. The van der Waals surface area contributed by atoms with E-state index in [0.29, 0.717) is 6.07 Å². The van der Waals surface area contributed by atoms with E-state index in [4.69, 9.17) is 9.84 Å². The predicted octanol–water partition coefficient (Wildman–Crippen LogP) is 1.18. The molecule has 0 fully saturated rings. The number of hydrogen-bond acceptors (Lipinski definition) is 5. The predicted molar refractivity (Wildman–Crippen MR) is 63.6 cm³/mol. The van der Waals surface area contributed by atoms with Crippen molar-refractivity contribution in [3.8, 4) is 5.75 Å². The van der Waals surface area contributed by atoms with Crippen molar-refractivity contribution in [2.75, 3.05) is 13.7 Å². The molecule has 1 unspecified atom stereocenters. The molecule has 0 bridgehead atoms. The van der Waals surface area contributed by atoms with Crippen LogP contribution in [-0.2, 0) is 4.79 Å². The zero-order valence-corrected chi connectivity index (χ0v) is 10.3. The number of benzene rings is 1. The van der Waals surface area contributed by atoms with Crippen molar-refractivity contribution < 1.29 is 24.0 Å². The molecule has 8 heteroatoms. The molecule has 0 aromatic heterocycles. The van der Waals surface area contributed by atoms with Gasteiger partial charge in [0.05, 0.1) is 11.0 Å². The number of nitrogens with zero attached hydrogens (tertiary/aromatic N) is 1. The van der Waals surface area contributed by atoms with E-state index >= 15 is 0 Å². The Bertz CT molecular complexity index is 508. The molecule has 7 nitrogen and oxygen atoms in total. The standard InChI is InChI=1S/C11H13FN2O5/c1-11(13-2,10(15)16)6-19-9-4-3-7(12)5-8(9)14(17)18/h3-5,13H,6H2,1-2H3,(H,15,16). The van der Waals surface area contributed by atoms with E-state index < -0.39 is 27.9 Å². The van der Waals surface area contributed by atoms with Crippen molar-refractivity contribution in [2.24, 2.45) is 0 Å². The quantitative estimate of drug-likeness (QED) is 0.595. The molecule has 1 aromatic rings. The number of carboxylic acids is 1. The Hall–Kier alpha value is -2.22. The van der Waals surface area contributed by atoms with Crippen LogP contribution in [0, 0.1) is 15.9 Å². The largest absolute Gasteiger partial charge is 0.484 e. The van der Waals surface area contributed by atoms with Crippen molar-refractivity contribution in [3.05, 3.63) is 34.1 Å². The van der Waals surface area contributed by atoms with Gasteiger partial charge in [0.1, 0.15) is 18.0 Å². The van der Waals surface area contributed by atoms with Crippen LogP contribution in [0.5, 0.6) is 5.75 Å². The normalized spacial score (nSPS) is 13.6. The second-order valence-electron chi connectivity index (χ2n) is 4.05. The van der Waals surface area contributed by atoms with E-state index in [1.807, 2.05) is 0 Å². The number of rotatable bonds is 6. The molecule has 0 aliphatic rings. The number of aliphatic carboxylic acids is 1. The molecular formula is C11H13FN2O5. The highest BCUT2D eigenvalue weighted by molar-refractivity contribution is 5.78. The van der Waals surface area contributed by atoms with Crippen LogP contribution in [0.1, 0.15) is 6.92 Å². The number of nitro benzene ring substituents is 1. The fraction of sp³-hybridized carbons (Fsp3) is 0.364. The molecule has 1 aromatic carbocycles. The maximum absolute atomic E-state index is 12.9. The molecule has 0 saturated heterocycles. The minimum Gasteiger partial charge on any atom is -0.484 e. The zero-order valence-electron chi connectivity index (χ0n) is 10.3. The van der Waals surface area contributed by atoms with Crippen molar-refractivity contribution in [2.45, 2.75) is 12.5 Å². The van der Waals surface area contributed by atoms with Crippen molar-refractivity contribution in [1.29, 1.82) is 0 Å². The summed E-state index contributed by atoms with van der Waals surface area (Å²) < 4.78 is 18.0. The second kappa shape index (κ2) is 5.61. The number of halogens is 1. The fourth-order valence-electron chi connectivity index (χ4n) is 1.22. The van der Waals surface area contributed by atoms with Gasteiger partial charge in [-0.05, 0) is 26.1 Å². The van der Waals surface area contributed by atoms with Gasteiger partial charge >= 0.3 is 11.7 Å². The first kappa shape index (κ1) is 14.8. The summed E-state index contributed by atoms with van der Waals surface area (Å²) in [5.41, 5.74) is -1.95. The van der Waals surface area contributed by atoms with Crippen molar-refractivity contribution >= 4 is 11.7 Å². The number of likely N-dealkylation sites (N-methyl/N-ethyl adjacent to an activating group) is 1. The van der Waals surface area contributed by atoms with Crippen LogP contribution < -0.4 is 10.1 Å². The molecule has 2 N–H and O–H groups in total. The van der Waals surface area contributed by atoms with Gasteiger partial charge in [-0.15, -0.1) is 0 Å². The van der Waals surface area contributed by atoms with Crippen LogP contribution in [-0.4, -0.2) is 35.2 Å².